The van der Waals surface area contributed by atoms with E-state index in [1.807, 2.05) is 0 Å². The highest BCUT2D eigenvalue weighted by molar-refractivity contribution is 6.52. The average Bonchev–Trinajstić information content (AvgIpc) is 2.06. The van der Waals surface area contributed by atoms with Crippen LogP contribution in [0.25, 0.3) is 0 Å². The van der Waals surface area contributed by atoms with E-state index >= 15 is 0 Å². The first kappa shape index (κ1) is 4.73. The summed E-state index contributed by atoms with van der Waals surface area (Å²) in [5.74, 6) is 0.549. The summed E-state index contributed by atoms with van der Waals surface area (Å²) < 4.78 is 0. The van der Waals surface area contributed by atoms with Crippen molar-refractivity contribution in [3.8, 4) is 0 Å². The van der Waals surface area contributed by atoms with E-state index in [9.17, 15) is 0 Å². The van der Waals surface area contributed by atoms with Gasteiger partial charge in [0.05, 0.1) is 0 Å². The summed E-state index contributed by atoms with van der Waals surface area (Å²) in [7, 11) is 0. The monoisotopic (exact) mass is 123 g/mol. The molecule has 0 nitrogen and oxygen atoms in total. The zero-order chi connectivity index (χ0) is 4.57. The molecule has 0 aromatic rings. The van der Waals surface area contributed by atoms with Crippen LogP contribution in [0.1, 0.15) is 12.8 Å². The van der Waals surface area contributed by atoms with Gasteiger partial charge in [-0.1, -0.05) is 23.2 Å². The van der Waals surface area contributed by atoms with Gasteiger partial charge in [0, 0.05) is 0 Å². The molecule has 1 aliphatic rings. The second-order valence-corrected chi connectivity index (χ2v) is 2.57. The van der Waals surface area contributed by atoms with Gasteiger partial charge in [-0.3, -0.25) is 0 Å². The van der Waals surface area contributed by atoms with Crippen LogP contribution >= 0.6 is 23.2 Å². The van der Waals surface area contributed by atoms with Crippen LogP contribution in [0.2, 0.25) is 0 Å². The minimum Gasteiger partial charge on any atom is -0.0980 e. The Kier molecular flexibility index (Phi) is 1.25. The van der Waals surface area contributed by atoms with Crippen molar-refractivity contribution in [1.82, 2.24) is 0 Å². The van der Waals surface area contributed by atoms with E-state index in [2.05, 4.69) is 0 Å². The van der Waals surface area contributed by atoms with Crippen molar-refractivity contribution in [3.63, 3.8) is 0 Å². The van der Waals surface area contributed by atoms with Crippen LogP contribution in [0.15, 0.2) is 0 Å². The van der Waals surface area contributed by atoms with Gasteiger partial charge < -0.3 is 0 Å². The molecule has 35 valence electrons. The predicted octanol–water partition coefficient (Wildman–Crippen LogP) is 2.36. The molecular weight excluding hydrogens is 119 g/mol. The Hall–Kier alpha value is 0.580. The third-order valence-corrected chi connectivity index (χ3v) is 1.50. The Morgan fingerprint density at radius 3 is 1.83 bits per heavy atom. The molecule has 1 saturated carbocycles. The molecular formula is C4H5Cl2. The second-order valence-electron chi connectivity index (χ2n) is 1.56. The molecule has 0 N–H and O–H groups in total. The Bertz CT molecular complexity index is 47.5. The summed E-state index contributed by atoms with van der Waals surface area (Å²) in [6, 6.07) is 0. The molecule has 0 atom stereocenters. The lowest BCUT2D eigenvalue weighted by Crippen LogP contribution is -1.72. The lowest BCUT2D eigenvalue weighted by Gasteiger charge is -1.86. The van der Waals surface area contributed by atoms with Crippen LogP contribution in [0.4, 0.5) is 0 Å². The third kappa shape index (κ3) is 1.02. The van der Waals surface area contributed by atoms with Crippen molar-refractivity contribution in [3.05, 3.63) is 4.84 Å². The van der Waals surface area contributed by atoms with Gasteiger partial charge in [-0.15, -0.1) is 0 Å². The maximum atomic E-state index is 5.36. The summed E-state index contributed by atoms with van der Waals surface area (Å²) in [5.41, 5.74) is 0. The molecule has 1 fully saturated rings. The lowest BCUT2D eigenvalue weighted by molar-refractivity contribution is 1.05. The smallest absolute Gasteiger partial charge is 0.0980 e. The standard InChI is InChI=1S/C4H5Cl2/c5-4(6)3-1-2-3/h3H,1-2H2. The molecule has 0 heterocycles. The molecule has 0 unspecified atom stereocenters. The molecule has 1 aliphatic carbocycles. The largest absolute Gasteiger partial charge is 0.154 e. The van der Waals surface area contributed by atoms with Gasteiger partial charge in [0.15, 0.2) is 4.84 Å². The van der Waals surface area contributed by atoms with Crippen LogP contribution in [-0.4, -0.2) is 0 Å². The summed E-state index contributed by atoms with van der Waals surface area (Å²) in [4.78, 5) is 0.565. The van der Waals surface area contributed by atoms with E-state index in [1.54, 1.807) is 0 Å². The highest BCUT2D eigenvalue weighted by atomic mass is 35.5. The zero-order valence-electron chi connectivity index (χ0n) is 3.25. The first-order valence-electron chi connectivity index (χ1n) is 1.98. The molecule has 0 aromatic heterocycles. The fourth-order valence-corrected chi connectivity index (χ4v) is 0.738. The Labute approximate surface area is 47.4 Å². The van der Waals surface area contributed by atoms with Crippen LogP contribution in [-0.2, 0) is 0 Å². The van der Waals surface area contributed by atoms with Crippen LogP contribution < -0.4 is 0 Å². The van der Waals surface area contributed by atoms with E-state index in [0.29, 0.717) is 10.8 Å². The first-order valence-corrected chi connectivity index (χ1v) is 2.74. The van der Waals surface area contributed by atoms with Gasteiger partial charge >= 0.3 is 0 Å². The van der Waals surface area contributed by atoms with Crippen LogP contribution in [0, 0.1) is 10.8 Å². The minimum atomic E-state index is 0.549. The maximum absolute atomic E-state index is 5.36. The Balaban J connectivity index is 2.13. The normalized spacial score (nSPS) is 22.5. The lowest BCUT2D eigenvalue weighted by atomic mass is 10.5. The second kappa shape index (κ2) is 1.59. The van der Waals surface area contributed by atoms with Gasteiger partial charge in [0.1, 0.15) is 0 Å². The SMILES string of the molecule is Cl[C](Cl)C1CC1. The molecule has 0 spiro atoms. The average molecular weight is 124 g/mol. The van der Waals surface area contributed by atoms with Gasteiger partial charge in [0.2, 0.25) is 0 Å². The summed E-state index contributed by atoms with van der Waals surface area (Å²) >= 11 is 10.7. The summed E-state index contributed by atoms with van der Waals surface area (Å²) in [6.45, 7) is 0. The molecule has 0 amide bonds. The molecule has 1 radical (unpaired) electrons. The predicted molar refractivity (Wildman–Crippen MR) is 27.7 cm³/mol. The van der Waals surface area contributed by atoms with Crippen LogP contribution in [0.3, 0.4) is 0 Å². The van der Waals surface area contributed by atoms with Gasteiger partial charge in [-0.25, -0.2) is 0 Å². The summed E-state index contributed by atoms with van der Waals surface area (Å²) in [6.07, 6.45) is 2.39. The van der Waals surface area contributed by atoms with Gasteiger partial charge in [-0.05, 0) is 18.8 Å². The Morgan fingerprint density at radius 1 is 1.33 bits per heavy atom. The topological polar surface area (TPSA) is 0 Å². The third-order valence-electron chi connectivity index (χ3n) is 0.886. The molecule has 2 heteroatoms. The fraction of sp³-hybridized carbons (Fsp3) is 0.750. The first-order chi connectivity index (χ1) is 2.80. The molecule has 0 saturated heterocycles. The van der Waals surface area contributed by atoms with Gasteiger partial charge in [-0.2, -0.15) is 0 Å². The van der Waals surface area contributed by atoms with E-state index in [0.717, 1.165) is 0 Å². The van der Waals surface area contributed by atoms with E-state index < -0.39 is 0 Å². The van der Waals surface area contributed by atoms with Crippen molar-refractivity contribution in [2.75, 3.05) is 0 Å². The highest BCUT2D eigenvalue weighted by Crippen LogP contribution is 2.42. The molecule has 1 rings (SSSR count). The van der Waals surface area contributed by atoms with E-state index in [4.69, 9.17) is 23.2 Å². The molecule has 0 aliphatic heterocycles. The van der Waals surface area contributed by atoms with Gasteiger partial charge in [0.25, 0.3) is 0 Å². The molecule has 0 aromatic carbocycles. The van der Waals surface area contributed by atoms with Crippen LogP contribution in [0.5, 0.6) is 0 Å². The number of hydrogen-bond acceptors (Lipinski definition) is 0. The Morgan fingerprint density at radius 2 is 1.83 bits per heavy atom. The minimum absolute atomic E-state index is 0.549. The zero-order valence-corrected chi connectivity index (χ0v) is 4.76. The number of hydrogen-bond donors (Lipinski definition) is 0. The van der Waals surface area contributed by atoms with Crippen molar-refractivity contribution in [2.24, 2.45) is 5.92 Å². The maximum Gasteiger partial charge on any atom is 0.154 e. The summed E-state index contributed by atoms with van der Waals surface area (Å²) in [5, 5.41) is 0. The van der Waals surface area contributed by atoms with Crippen molar-refractivity contribution < 1.29 is 0 Å². The van der Waals surface area contributed by atoms with E-state index in [1.165, 1.54) is 12.8 Å². The fourth-order valence-electron chi connectivity index (χ4n) is 0.302. The number of rotatable bonds is 1. The highest BCUT2D eigenvalue weighted by Gasteiger charge is 2.28. The van der Waals surface area contributed by atoms with Crippen molar-refractivity contribution >= 4 is 23.2 Å². The van der Waals surface area contributed by atoms with E-state index in [-0.39, 0.29) is 0 Å². The van der Waals surface area contributed by atoms with Crippen molar-refractivity contribution in [1.29, 1.82) is 0 Å². The molecule has 0 bridgehead atoms. The molecule has 6 heavy (non-hydrogen) atoms. The quantitative estimate of drug-likeness (QED) is 0.503. The van der Waals surface area contributed by atoms with Crippen molar-refractivity contribution in [2.45, 2.75) is 12.8 Å². The number of halogens is 2.